The van der Waals surface area contributed by atoms with Crippen LogP contribution < -0.4 is 5.32 Å². The molecule has 0 radical (unpaired) electrons. The quantitative estimate of drug-likeness (QED) is 0.273. The van der Waals surface area contributed by atoms with Crippen LogP contribution in [-0.2, 0) is 26.1 Å². The van der Waals surface area contributed by atoms with Crippen LogP contribution in [0.4, 0.5) is 0 Å². The summed E-state index contributed by atoms with van der Waals surface area (Å²) in [6, 6.07) is 15.1. The van der Waals surface area contributed by atoms with Crippen molar-refractivity contribution in [1.82, 2.24) is 25.2 Å². The molecule has 1 aliphatic rings. The highest BCUT2D eigenvalue weighted by molar-refractivity contribution is 6.39. The fourth-order valence-electron chi connectivity index (χ4n) is 4.99. The molecule has 6 nitrogen and oxygen atoms in total. The summed E-state index contributed by atoms with van der Waals surface area (Å²) < 4.78 is 0. The second-order valence-corrected chi connectivity index (χ2v) is 10.4. The average Bonchev–Trinajstić information content (AvgIpc) is 3.32. The molecule has 1 unspecified atom stereocenters. The molecule has 1 aromatic carbocycles. The second kappa shape index (κ2) is 11.5. The van der Waals surface area contributed by atoms with Crippen molar-refractivity contribution in [3.8, 4) is 0 Å². The number of rotatable bonds is 8. The van der Waals surface area contributed by atoms with Crippen LogP contribution in [0.3, 0.4) is 0 Å². The molecule has 1 aliphatic carbocycles. The topological polar surface area (TPSA) is 73.9 Å². The van der Waals surface area contributed by atoms with E-state index in [1.54, 1.807) is 0 Å². The molecule has 0 spiro atoms. The first-order chi connectivity index (χ1) is 18.0. The van der Waals surface area contributed by atoms with Crippen LogP contribution in [0, 0.1) is 6.92 Å². The zero-order valence-electron chi connectivity index (χ0n) is 20.7. The highest BCUT2D eigenvalue weighted by Crippen LogP contribution is 2.34. The summed E-state index contributed by atoms with van der Waals surface area (Å²) in [5.41, 5.74) is 7.44. The van der Waals surface area contributed by atoms with Crippen LogP contribution in [0.15, 0.2) is 67.3 Å². The Bertz CT molecular complexity index is 1370. The lowest BCUT2D eigenvalue weighted by molar-refractivity contribution is 0.0951. The van der Waals surface area contributed by atoms with E-state index in [1.807, 2.05) is 12.3 Å². The Kier molecular flexibility index (Phi) is 7.89. The first-order valence-electron chi connectivity index (χ1n) is 12.4. The number of nitrogens with one attached hydrogen (secondary N) is 2. The summed E-state index contributed by atoms with van der Waals surface area (Å²) in [6.45, 7) is 4.10. The number of nitrogens with zero attached hydrogens (tertiary/aromatic N) is 3. The van der Waals surface area contributed by atoms with Gasteiger partial charge in [-0.25, -0.2) is 0 Å². The molecule has 0 fully saturated rings. The molecule has 1 amide bonds. The Labute approximate surface area is 227 Å². The van der Waals surface area contributed by atoms with Gasteiger partial charge in [0.1, 0.15) is 0 Å². The third kappa shape index (κ3) is 6.04. The number of hydrogen-bond acceptors (Lipinski definition) is 4. The predicted molar refractivity (Wildman–Crippen MR) is 147 cm³/mol. The Morgan fingerprint density at radius 2 is 1.86 bits per heavy atom. The van der Waals surface area contributed by atoms with E-state index >= 15 is 0 Å². The van der Waals surface area contributed by atoms with Crippen LogP contribution in [0.1, 0.15) is 62.9 Å². The minimum Gasteiger partial charge on any atom is -0.364 e. The van der Waals surface area contributed by atoms with Gasteiger partial charge >= 0.3 is 0 Å². The van der Waals surface area contributed by atoms with Crippen molar-refractivity contribution in [1.29, 1.82) is 0 Å². The molecule has 0 bridgehead atoms. The summed E-state index contributed by atoms with van der Waals surface area (Å²) >= 11 is 12.2. The van der Waals surface area contributed by atoms with Gasteiger partial charge < -0.3 is 10.3 Å². The average molecular weight is 534 g/mol. The zero-order valence-corrected chi connectivity index (χ0v) is 22.2. The van der Waals surface area contributed by atoms with E-state index in [0.717, 1.165) is 37.9 Å². The van der Waals surface area contributed by atoms with Crippen LogP contribution in [0.5, 0.6) is 0 Å². The van der Waals surface area contributed by atoms with Gasteiger partial charge in [-0.1, -0.05) is 53.5 Å². The van der Waals surface area contributed by atoms with Gasteiger partial charge in [0.25, 0.3) is 5.91 Å². The summed E-state index contributed by atoms with van der Waals surface area (Å²) in [4.78, 5) is 27.2. The van der Waals surface area contributed by atoms with Crippen molar-refractivity contribution in [2.45, 2.75) is 51.9 Å². The summed E-state index contributed by atoms with van der Waals surface area (Å²) in [7, 11) is 0. The Morgan fingerprint density at radius 1 is 1.11 bits per heavy atom. The molecule has 37 heavy (non-hydrogen) atoms. The number of hydrogen-bond donors (Lipinski definition) is 2. The number of aryl methyl sites for hydroxylation is 2. The van der Waals surface area contributed by atoms with E-state index in [9.17, 15) is 4.79 Å². The van der Waals surface area contributed by atoms with Crippen molar-refractivity contribution < 1.29 is 4.79 Å². The third-order valence-corrected chi connectivity index (χ3v) is 7.38. The van der Waals surface area contributed by atoms with Gasteiger partial charge in [-0.2, -0.15) is 0 Å². The number of pyridine rings is 2. The first-order valence-corrected chi connectivity index (χ1v) is 13.2. The maximum atomic E-state index is 12.6. The molecule has 3 heterocycles. The van der Waals surface area contributed by atoms with Gasteiger partial charge in [-0.15, -0.1) is 0 Å². The molecule has 8 heteroatoms. The van der Waals surface area contributed by atoms with Gasteiger partial charge in [-0.05, 0) is 60.6 Å². The molecular weight excluding hydrogens is 505 g/mol. The molecular formula is C29H29Cl2N5O. The molecule has 190 valence electrons. The molecule has 2 N–H and O–H groups in total. The largest absolute Gasteiger partial charge is 0.364 e. The summed E-state index contributed by atoms with van der Waals surface area (Å²) in [6.07, 6.45) is 10.1. The lowest BCUT2D eigenvalue weighted by atomic mass is 9.90. The van der Waals surface area contributed by atoms with Gasteiger partial charge in [0.05, 0.1) is 27.3 Å². The highest BCUT2D eigenvalue weighted by atomic mass is 35.5. The van der Waals surface area contributed by atoms with Crippen molar-refractivity contribution in [3.05, 3.63) is 117 Å². The molecule has 0 saturated carbocycles. The third-order valence-electron chi connectivity index (χ3n) is 6.81. The van der Waals surface area contributed by atoms with Crippen LogP contribution in [0.2, 0.25) is 10.0 Å². The second-order valence-electron chi connectivity index (χ2n) is 9.54. The number of fused-ring (bicyclic) bond motifs is 1. The minimum atomic E-state index is -0.322. The number of aromatic amines is 1. The van der Waals surface area contributed by atoms with Crippen molar-refractivity contribution in [2.75, 3.05) is 0 Å². The molecule has 4 aromatic rings. The van der Waals surface area contributed by atoms with Crippen LogP contribution in [-0.4, -0.2) is 25.8 Å². The zero-order chi connectivity index (χ0) is 25.8. The number of amides is 1. The Hall–Kier alpha value is -3.19. The predicted octanol–water partition coefficient (Wildman–Crippen LogP) is 6.43. The number of carbonyl (C=O) groups is 1. The minimum absolute atomic E-state index is 0.233. The van der Waals surface area contributed by atoms with Crippen molar-refractivity contribution in [2.24, 2.45) is 0 Å². The number of H-pyrrole nitrogens is 1. The molecule has 1 atom stereocenters. The van der Waals surface area contributed by atoms with E-state index in [1.165, 1.54) is 40.5 Å². The fraction of sp³-hybridized carbons (Fsp3) is 0.276. The number of halogens is 2. The molecule has 0 aliphatic heterocycles. The maximum absolute atomic E-state index is 12.6. The smallest absolute Gasteiger partial charge is 0.254 e. The van der Waals surface area contributed by atoms with E-state index < -0.39 is 0 Å². The monoisotopic (exact) mass is 533 g/mol. The van der Waals surface area contributed by atoms with E-state index in [2.05, 4.69) is 69.7 Å². The Balaban J connectivity index is 1.30. The van der Waals surface area contributed by atoms with Gasteiger partial charge in [-0.3, -0.25) is 19.7 Å². The van der Waals surface area contributed by atoms with E-state index in [4.69, 9.17) is 28.2 Å². The maximum Gasteiger partial charge on any atom is 0.254 e. The Morgan fingerprint density at radius 3 is 2.59 bits per heavy atom. The summed E-state index contributed by atoms with van der Waals surface area (Å²) in [5.74, 6) is -0.322. The van der Waals surface area contributed by atoms with Crippen LogP contribution >= 0.6 is 23.2 Å². The number of benzene rings is 1. The standard InChI is InChI=1S/C29H29Cl2N5O/c1-19-12-23(34-13-19)18-36(26-6-2-4-22-5-3-11-33-28(22)26)17-21-9-7-20(8-10-21)14-35-29(37)27-24(30)15-32-16-25(27)31/h3,5,7-13,15-16,26,34H,2,4,6,14,17-18H2,1H3,(H,35,37). The normalized spacial score (nSPS) is 15.0. The number of carbonyl (C=O) groups excluding carboxylic acids is 1. The molecule has 0 saturated heterocycles. The van der Waals surface area contributed by atoms with Gasteiger partial charge in [0.15, 0.2) is 0 Å². The lowest BCUT2D eigenvalue weighted by Gasteiger charge is -2.35. The van der Waals surface area contributed by atoms with Crippen molar-refractivity contribution in [3.63, 3.8) is 0 Å². The van der Waals surface area contributed by atoms with Gasteiger partial charge in [0.2, 0.25) is 0 Å². The first kappa shape index (κ1) is 25.5. The van der Waals surface area contributed by atoms with Crippen molar-refractivity contribution >= 4 is 29.1 Å². The SMILES string of the molecule is Cc1c[nH]c(CN(Cc2ccc(CNC(=O)c3c(Cl)cncc3Cl)cc2)C2CCCc3cccnc32)c1. The molecule has 5 rings (SSSR count). The van der Waals surface area contributed by atoms with Gasteiger partial charge in [0, 0.05) is 50.1 Å². The highest BCUT2D eigenvalue weighted by Gasteiger charge is 2.27. The van der Waals surface area contributed by atoms with Crippen LogP contribution in [0.25, 0.3) is 0 Å². The van der Waals surface area contributed by atoms with E-state index in [-0.39, 0.29) is 27.6 Å². The van der Waals surface area contributed by atoms with E-state index in [0.29, 0.717) is 6.54 Å². The lowest BCUT2D eigenvalue weighted by Crippen LogP contribution is -2.31. The number of aromatic nitrogens is 3. The molecule has 3 aromatic heterocycles. The summed E-state index contributed by atoms with van der Waals surface area (Å²) in [5, 5.41) is 3.36. The fourth-order valence-corrected chi connectivity index (χ4v) is 5.52.